The summed E-state index contributed by atoms with van der Waals surface area (Å²) >= 11 is 0. The van der Waals surface area contributed by atoms with Crippen molar-refractivity contribution in [3.05, 3.63) is 35.4 Å². The quantitative estimate of drug-likeness (QED) is 0.799. The molecule has 1 atom stereocenters. The lowest BCUT2D eigenvalue weighted by molar-refractivity contribution is -0.140. The predicted octanol–water partition coefficient (Wildman–Crippen LogP) is 2.20. The average molecular weight is 247 g/mol. The fourth-order valence-electron chi connectivity index (χ4n) is 2.85. The summed E-state index contributed by atoms with van der Waals surface area (Å²) < 4.78 is 11.5. The lowest BCUT2D eigenvalue weighted by Gasteiger charge is -2.30. The second kappa shape index (κ2) is 4.65. The zero-order valence-electron chi connectivity index (χ0n) is 11.2. The average Bonchev–Trinajstić information content (AvgIpc) is 2.68. The van der Waals surface area contributed by atoms with Crippen LogP contribution >= 0.6 is 0 Å². The maximum Gasteiger partial charge on any atom is 0.163 e. The first kappa shape index (κ1) is 12.2. The first-order chi connectivity index (χ1) is 8.62. The van der Waals surface area contributed by atoms with Crippen LogP contribution in [0.3, 0.4) is 0 Å². The second-order valence-corrected chi connectivity index (χ2v) is 5.70. The topological polar surface area (TPSA) is 21.7 Å². The number of benzene rings is 1. The van der Waals surface area contributed by atoms with Crippen molar-refractivity contribution in [2.24, 2.45) is 0 Å². The van der Waals surface area contributed by atoms with Crippen molar-refractivity contribution in [1.82, 2.24) is 4.90 Å². The Kier molecular flexibility index (Phi) is 3.14. The zero-order valence-corrected chi connectivity index (χ0v) is 11.2. The van der Waals surface area contributed by atoms with Gasteiger partial charge < -0.3 is 9.47 Å². The zero-order chi connectivity index (χ0) is 12.6. The molecular formula is C15H21NO2. The summed E-state index contributed by atoms with van der Waals surface area (Å²) in [5.74, 6) is -0.404. The summed E-state index contributed by atoms with van der Waals surface area (Å²) in [6.45, 7) is 7.81. The van der Waals surface area contributed by atoms with E-state index in [4.69, 9.17) is 9.47 Å². The van der Waals surface area contributed by atoms with Crippen LogP contribution in [0.15, 0.2) is 24.3 Å². The number of rotatable bonds is 2. The van der Waals surface area contributed by atoms with Gasteiger partial charge in [0.1, 0.15) is 0 Å². The molecule has 0 N–H and O–H groups in total. The van der Waals surface area contributed by atoms with Crippen molar-refractivity contribution in [2.45, 2.75) is 38.7 Å². The van der Waals surface area contributed by atoms with E-state index in [1.54, 1.807) is 0 Å². The number of ether oxygens (including phenoxy) is 2. The van der Waals surface area contributed by atoms with Gasteiger partial charge >= 0.3 is 0 Å². The van der Waals surface area contributed by atoms with E-state index >= 15 is 0 Å². The minimum atomic E-state index is -0.404. The van der Waals surface area contributed by atoms with Crippen LogP contribution in [-0.2, 0) is 22.4 Å². The van der Waals surface area contributed by atoms with E-state index in [0.29, 0.717) is 6.61 Å². The molecular weight excluding hydrogens is 226 g/mol. The van der Waals surface area contributed by atoms with Gasteiger partial charge in [0.25, 0.3) is 0 Å². The van der Waals surface area contributed by atoms with Gasteiger partial charge in [0, 0.05) is 19.6 Å². The smallest absolute Gasteiger partial charge is 0.163 e. The van der Waals surface area contributed by atoms with E-state index in [2.05, 4.69) is 29.2 Å². The molecule has 3 heteroatoms. The summed E-state index contributed by atoms with van der Waals surface area (Å²) in [4.78, 5) is 2.47. The Labute approximate surface area is 109 Å². The van der Waals surface area contributed by atoms with Crippen molar-refractivity contribution >= 4 is 0 Å². The van der Waals surface area contributed by atoms with Crippen molar-refractivity contribution in [1.29, 1.82) is 0 Å². The molecule has 18 heavy (non-hydrogen) atoms. The number of hydrogen-bond donors (Lipinski definition) is 0. The molecule has 0 spiro atoms. The van der Waals surface area contributed by atoms with E-state index in [0.717, 1.165) is 26.1 Å². The molecule has 0 unspecified atom stereocenters. The van der Waals surface area contributed by atoms with E-state index in [-0.39, 0.29) is 6.10 Å². The Balaban J connectivity index is 1.60. The Hall–Kier alpha value is -0.900. The normalized spacial score (nSPS) is 27.1. The molecule has 1 saturated heterocycles. The van der Waals surface area contributed by atoms with Crippen molar-refractivity contribution in [2.75, 3.05) is 19.7 Å². The third-order valence-electron chi connectivity index (χ3n) is 3.74. The SMILES string of the molecule is CC1(C)OC[C@H](CN2CCc3ccccc3C2)O1. The van der Waals surface area contributed by atoms with Crippen LogP contribution < -0.4 is 0 Å². The Bertz CT molecular complexity index is 430. The molecule has 1 aromatic rings. The molecule has 98 valence electrons. The maximum absolute atomic E-state index is 5.88. The lowest BCUT2D eigenvalue weighted by atomic mass is 10.00. The standard InChI is InChI=1S/C15H21NO2/c1-15(2)17-11-14(18-15)10-16-8-7-12-5-3-4-6-13(12)9-16/h3-6,14H,7-11H2,1-2H3/t14-/m0/s1. The molecule has 0 aliphatic carbocycles. The first-order valence-corrected chi connectivity index (χ1v) is 6.73. The lowest BCUT2D eigenvalue weighted by Crippen LogP contribution is -2.38. The Morgan fingerprint density at radius 1 is 1.28 bits per heavy atom. The molecule has 0 bridgehead atoms. The number of nitrogens with zero attached hydrogens (tertiary/aromatic N) is 1. The summed E-state index contributed by atoms with van der Waals surface area (Å²) in [5.41, 5.74) is 2.96. The highest BCUT2D eigenvalue weighted by Gasteiger charge is 2.33. The van der Waals surface area contributed by atoms with E-state index in [1.807, 2.05) is 13.8 Å². The van der Waals surface area contributed by atoms with Gasteiger partial charge in [-0.15, -0.1) is 0 Å². The van der Waals surface area contributed by atoms with Crippen molar-refractivity contribution in [3.8, 4) is 0 Å². The molecule has 0 aromatic heterocycles. The van der Waals surface area contributed by atoms with E-state index in [1.165, 1.54) is 11.1 Å². The van der Waals surface area contributed by atoms with Gasteiger partial charge in [-0.25, -0.2) is 0 Å². The highest BCUT2D eigenvalue weighted by atomic mass is 16.7. The van der Waals surface area contributed by atoms with Gasteiger partial charge in [0.2, 0.25) is 0 Å². The van der Waals surface area contributed by atoms with Gasteiger partial charge in [-0.3, -0.25) is 4.90 Å². The number of hydrogen-bond acceptors (Lipinski definition) is 3. The molecule has 2 heterocycles. The molecule has 1 aromatic carbocycles. The van der Waals surface area contributed by atoms with Gasteiger partial charge in [0.05, 0.1) is 12.7 Å². The van der Waals surface area contributed by atoms with Crippen LogP contribution in [0.4, 0.5) is 0 Å². The summed E-state index contributed by atoms with van der Waals surface area (Å²) in [6.07, 6.45) is 1.36. The molecule has 0 amide bonds. The maximum atomic E-state index is 5.88. The molecule has 2 aliphatic rings. The van der Waals surface area contributed by atoms with E-state index < -0.39 is 5.79 Å². The van der Waals surface area contributed by atoms with Crippen LogP contribution in [0, 0.1) is 0 Å². The second-order valence-electron chi connectivity index (χ2n) is 5.70. The van der Waals surface area contributed by atoms with Gasteiger partial charge in [-0.1, -0.05) is 24.3 Å². The summed E-state index contributed by atoms with van der Waals surface area (Å²) in [7, 11) is 0. The summed E-state index contributed by atoms with van der Waals surface area (Å²) in [5, 5.41) is 0. The minimum absolute atomic E-state index is 0.213. The molecule has 2 aliphatic heterocycles. The molecule has 1 fully saturated rings. The van der Waals surface area contributed by atoms with Crippen molar-refractivity contribution < 1.29 is 9.47 Å². The van der Waals surface area contributed by atoms with Crippen LogP contribution in [0.5, 0.6) is 0 Å². The third kappa shape index (κ3) is 2.58. The van der Waals surface area contributed by atoms with Gasteiger partial charge in [-0.2, -0.15) is 0 Å². The predicted molar refractivity (Wildman–Crippen MR) is 70.3 cm³/mol. The highest BCUT2D eigenvalue weighted by molar-refractivity contribution is 5.29. The largest absolute Gasteiger partial charge is 0.348 e. The molecule has 0 saturated carbocycles. The van der Waals surface area contributed by atoms with Crippen molar-refractivity contribution in [3.63, 3.8) is 0 Å². The van der Waals surface area contributed by atoms with Crippen LogP contribution in [0.25, 0.3) is 0 Å². The van der Waals surface area contributed by atoms with Crippen LogP contribution in [0.1, 0.15) is 25.0 Å². The third-order valence-corrected chi connectivity index (χ3v) is 3.74. The Morgan fingerprint density at radius 3 is 2.78 bits per heavy atom. The minimum Gasteiger partial charge on any atom is -0.348 e. The Morgan fingerprint density at radius 2 is 2.06 bits per heavy atom. The molecule has 0 radical (unpaired) electrons. The van der Waals surface area contributed by atoms with E-state index in [9.17, 15) is 0 Å². The number of fused-ring (bicyclic) bond motifs is 1. The highest BCUT2D eigenvalue weighted by Crippen LogP contribution is 2.25. The van der Waals surface area contributed by atoms with Gasteiger partial charge in [-0.05, 0) is 31.4 Å². The molecule has 3 rings (SSSR count). The molecule has 3 nitrogen and oxygen atoms in total. The van der Waals surface area contributed by atoms with Gasteiger partial charge in [0.15, 0.2) is 5.79 Å². The monoisotopic (exact) mass is 247 g/mol. The fraction of sp³-hybridized carbons (Fsp3) is 0.600. The van der Waals surface area contributed by atoms with Crippen LogP contribution in [-0.4, -0.2) is 36.5 Å². The fourth-order valence-corrected chi connectivity index (χ4v) is 2.85. The summed E-state index contributed by atoms with van der Waals surface area (Å²) in [6, 6.07) is 8.73. The first-order valence-electron chi connectivity index (χ1n) is 6.73. The van der Waals surface area contributed by atoms with Crippen LogP contribution in [0.2, 0.25) is 0 Å².